The Bertz CT molecular complexity index is 515. The monoisotopic (exact) mass is 342 g/mol. The normalized spacial score (nSPS) is 11.8. The molecule has 0 amide bonds. The Morgan fingerprint density at radius 3 is 2.32 bits per heavy atom. The molecule has 2 nitrogen and oxygen atoms in total. The third-order valence-corrected chi connectivity index (χ3v) is 3.49. The first kappa shape index (κ1) is 15.9. The largest absolute Gasteiger partial charge is 0.496 e. The van der Waals surface area contributed by atoms with Gasteiger partial charge < -0.3 is 4.74 Å². The molecule has 1 aromatic rings. The Morgan fingerprint density at radius 1 is 1.37 bits per heavy atom. The van der Waals surface area contributed by atoms with Gasteiger partial charge in [0.15, 0.2) is 0 Å². The molecule has 0 aliphatic rings. The summed E-state index contributed by atoms with van der Waals surface area (Å²) in [6.45, 7) is 2.90. The topological polar surface area (TPSA) is 26.3 Å². The molecule has 0 radical (unpaired) electrons. The maximum atomic E-state index is 13.2. The first-order valence-corrected chi connectivity index (χ1v) is 5.98. The van der Waals surface area contributed by atoms with Gasteiger partial charge >= 0.3 is 12.3 Å². The molecule has 0 aliphatic carbocycles. The van der Waals surface area contributed by atoms with Gasteiger partial charge in [-0.05, 0) is 31.0 Å². The number of ether oxygens (including phenoxy) is 1. The van der Waals surface area contributed by atoms with E-state index >= 15 is 0 Å². The van der Waals surface area contributed by atoms with Crippen molar-refractivity contribution in [1.29, 1.82) is 0 Å². The van der Waals surface area contributed by atoms with Crippen molar-refractivity contribution < 1.29 is 27.1 Å². The number of carbonyl (C=O) groups excluding carboxylic acids is 1. The summed E-state index contributed by atoms with van der Waals surface area (Å²) in [6.07, 6.45) is -4.07. The fourth-order valence-corrected chi connectivity index (χ4v) is 2.19. The number of alkyl halides is 4. The highest BCUT2D eigenvalue weighted by Crippen LogP contribution is 2.37. The van der Waals surface area contributed by atoms with Gasteiger partial charge in [-0.25, -0.2) is 8.78 Å². The number of carbonyl (C=O) groups is 1. The molecular weight excluding hydrogens is 332 g/mol. The highest BCUT2D eigenvalue weighted by atomic mass is 79.9. The molecule has 0 atom stereocenters. The molecule has 1 aromatic carbocycles. The number of ketones is 1. The summed E-state index contributed by atoms with van der Waals surface area (Å²) in [4.78, 5) is 11.7. The predicted molar refractivity (Wildman–Crippen MR) is 65.4 cm³/mol. The minimum atomic E-state index is -4.74. The van der Waals surface area contributed by atoms with E-state index in [1.165, 1.54) is 21.0 Å². The van der Waals surface area contributed by atoms with Gasteiger partial charge in [0.1, 0.15) is 5.75 Å². The molecule has 0 saturated carbocycles. The Morgan fingerprint density at radius 2 is 1.89 bits per heavy atom. The number of hydrogen-bond donors (Lipinski definition) is 0. The van der Waals surface area contributed by atoms with Gasteiger partial charge in [0.05, 0.1) is 12.7 Å². The molecule has 0 heterocycles. The van der Waals surface area contributed by atoms with Crippen LogP contribution in [0.25, 0.3) is 0 Å². The third kappa shape index (κ3) is 2.75. The van der Waals surface area contributed by atoms with Crippen molar-refractivity contribution in [3.8, 4) is 5.75 Å². The molecule has 0 spiro atoms. The number of halogens is 5. The Labute approximate surface area is 115 Å². The van der Waals surface area contributed by atoms with Crippen molar-refractivity contribution in [2.75, 3.05) is 7.11 Å². The summed E-state index contributed by atoms with van der Waals surface area (Å²) in [5.74, 6) is -6.81. The van der Waals surface area contributed by atoms with Crippen LogP contribution in [0.5, 0.6) is 5.75 Å². The number of hydrogen-bond acceptors (Lipinski definition) is 2. The van der Waals surface area contributed by atoms with Crippen molar-refractivity contribution in [3.05, 3.63) is 27.2 Å². The Hall–Kier alpha value is -1.11. The SMILES string of the molecule is COc1c(C)cc(Br)c(C)c1C(=O)C(F)(F)C(F)F. The molecule has 106 valence electrons. The lowest BCUT2D eigenvalue weighted by molar-refractivity contribution is -0.0959. The fourth-order valence-electron chi connectivity index (χ4n) is 1.65. The van der Waals surface area contributed by atoms with E-state index in [-0.39, 0.29) is 11.3 Å². The third-order valence-electron chi connectivity index (χ3n) is 2.67. The summed E-state index contributed by atoms with van der Waals surface area (Å²) in [7, 11) is 1.19. The first-order chi connectivity index (χ1) is 8.64. The zero-order valence-corrected chi connectivity index (χ0v) is 11.9. The van der Waals surface area contributed by atoms with Crippen LogP contribution in [0.4, 0.5) is 17.6 Å². The maximum absolute atomic E-state index is 13.2. The van der Waals surface area contributed by atoms with Crippen LogP contribution in [0.2, 0.25) is 0 Å². The van der Waals surface area contributed by atoms with Crippen LogP contribution in [-0.2, 0) is 0 Å². The molecule has 0 fully saturated rings. The van der Waals surface area contributed by atoms with Crippen molar-refractivity contribution in [3.63, 3.8) is 0 Å². The molecule has 7 heteroatoms. The van der Waals surface area contributed by atoms with E-state index in [0.29, 0.717) is 10.0 Å². The summed E-state index contributed by atoms with van der Waals surface area (Å²) < 4.78 is 56.3. The Balaban J connectivity index is 3.54. The van der Waals surface area contributed by atoms with E-state index in [9.17, 15) is 22.4 Å². The van der Waals surface area contributed by atoms with Gasteiger partial charge in [0, 0.05) is 4.47 Å². The van der Waals surface area contributed by atoms with Gasteiger partial charge in [0.2, 0.25) is 5.78 Å². The molecule has 0 N–H and O–H groups in total. The second-order valence-electron chi connectivity index (χ2n) is 3.96. The number of aryl methyl sites for hydroxylation is 1. The second-order valence-corrected chi connectivity index (χ2v) is 4.82. The van der Waals surface area contributed by atoms with E-state index in [4.69, 9.17) is 4.74 Å². The summed E-state index contributed by atoms with van der Waals surface area (Å²) >= 11 is 3.09. The number of methoxy groups -OCH3 is 1. The van der Waals surface area contributed by atoms with Crippen molar-refractivity contribution in [2.24, 2.45) is 0 Å². The molecule has 0 aliphatic heterocycles. The first-order valence-electron chi connectivity index (χ1n) is 5.19. The molecule has 1 rings (SSSR count). The predicted octanol–water partition coefficient (Wildman–Crippen LogP) is 4.16. The highest BCUT2D eigenvalue weighted by Gasteiger charge is 2.50. The van der Waals surface area contributed by atoms with E-state index in [1.54, 1.807) is 6.07 Å². The molecule has 0 aromatic heterocycles. The Kier molecular flexibility index (Phi) is 4.60. The lowest BCUT2D eigenvalue weighted by Gasteiger charge is -2.19. The lowest BCUT2D eigenvalue weighted by Crippen LogP contribution is -2.37. The van der Waals surface area contributed by atoms with Gasteiger partial charge in [-0.2, -0.15) is 8.78 Å². The summed E-state index contributed by atoms with van der Waals surface area (Å²) in [5.41, 5.74) is 0.000779. The number of benzene rings is 1. The van der Waals surface area contributed by atoms with Crippen LogP contribution in [-0.4, -0.2) is 25.2 Å². The van der Waals surface area contributed by atoms with Gasteiger partial charge in [0.25, 0.3) is 0 Å². The van der Waals surface area contributed by atoms with Crippen LogP contribution >= 0.6 is 15.9 Å². The number of rotatable bonds is 4. The van der Waals surface area contributed by atoms with Gasteiger partial charge in [-0.15, -0.1) is 0 Å². The van der Waals surface area contributed by atoms with Crippen LogP contribution in [0.15, 0.2) is 10.5 Å². The molecule has 0 saturated heterocycles. The zero-order valence-electron chi connectivity index (χ0n) is 10.4. The average molecular weight is 343 g/mol. The van der Waals surface area contributed by atoms with E-state index < -0.39 is 23.7 Å². The van der Waals surface area contributed by atoms with E-state index in [2.05, 4.69) is 15.9 Å². The second kappa shape index (κ2) is 5.48. The number of Topliss-reactive ketones (excluding diaryl/α,β-unsaturated/α-hetero) is 1. The molecule has 0 bridgehead atoms. The van der Waals surface area contributed by atoms with Crippen molar-refractivity contribution in [2.45, 2.75) is 26.2 Å². The van der Waals surface area contributed by atoms with Crippen LogP contribution in [0, 0.1) is 13.8 Å². The standard InChI is InChI=1S/C12H11BrF4O2/c1-5-4-7(13)6(2)8(9(5)19-3)10(18)12(16,17)11(14)15/h4,11H,1-3H3. The smallest absolute Gasteiger partial charge is 0.369 e. The van der Waals surface area contributed by atoms with Crippen LogP contribution < -0.4 is 4.74 Å². The molecular formula is C12H11BrF4O2. The van der Waals surface area contributed by atoms with Gasteiger partial charge in [-0.1, -0.05) is 15.9 Å². The van der Waals surface area contributed by atoms with Crippen molar-refractivity contribution >= 4 is 21.7 Å². The molecule has 19 heavy (non-hydrogen) atoms. The average Bonchev–Trinajstić information content (AvgIpc) is 2.32. The summed E-state index contributed by atoms with van der Waals surface area (Å²) in [5, 5.41) is 0. The fraction of sp³-hybridized carbons (Fsp3) is 0.417. The lowest BCUT2D eigenvalue weighted by atomic mass is 9.97. The zero-order chi connectivity index (χ0) is 15.0. The minimum Gasteiger partial charge on any atom is -0.496 e. The van der Waals surface area contributed by atoms with Crippen LogP contribution in [0.3, 0.4) is 0 Å². The highest BCUT2D eigenvalue weighted by molar-refractivity contribution is 9.10. The van der Waals surface area contributed by atoms with Crippen molar-refractivity contribution in [1.82, 2.24) is 0 Å². The van der Waals surface area contributed by atoms with E-state index in [1.807, 2.05) is 0 Å². The summed E-state index contributed by atoms with van der Waals surface area (Å²) in [6, 6.07) is 1.56. The van der Waals surface area contributed by atoms with Gasteiger partial charge in [-0.3, -0.25) is 4.79 Å². The maximum Gasteiger partial charge on any atom is 0.369 e. The van der Waals surface area contributed by atoms with E-state index in [0.717, 1.165) is 0 Å². The minimum absolute atomic E-state index is 0.119. The molecule has 0 unspecified atom stereocenters. The van der Waals surface area contributed by atoms with Crippen LogP contribution in [0.1, 0.15) is 21.5 Å². The quantitative estimate of drug-likeness (QED) is 0.606.